The number of nitrogens with two attached hydrogens (primary N) is 3. The second kappa shape index (κ2) is 14.4. The number of imide groups is 1. The minimum Gasteiger partial charge on any atom is -0.458 e. The number of primary amides is 1. The quantitative estimate of drug-likeness (QED) is 0.136. The molecule has 2 atom stereocenters. The Morgan fingerprint density at radius 2 is 1.44 bits per heavy atom. The number of hydrogen-bond acceptors (Lipinski definition) is 9. The summed E-state index contributed by atoms with van der Waals surface area (Å²) in [5.41, 5.74) is 16.3. The van der Waals surface area contributed by atoms with Crippen molar-refractivity contribution in [3.05, 3.63) is 71.8 Å². The van der Waals surface area contributed by atoms with Crippen LogP contribution < -0.4 is 17.2 Å². The molecule has 0 aliphatic rings. The van der Waals surface area contributed by atoms with E-state index in [1.165, 1.54) is 20.8 Å². The van der Waals surface area contributed by atoms with E-state index in [-0.39, 0.29) is 11.3 Å². The van der Waals surface area contributed by atoms with Crippen LogP contribution in [0.5, 0.6) is 0 Å². The maximum Gasteiger partial charge on any atom is 0.419 e. The maximum absolute atomic E-state index is 13.4. The van der Waals surface area contributed by atoms with Gasteiger partial charge in [-0.1, -0.05) is 67.6 Å². The van der Waals surface area contributed by atoms with Crippen LogP contribution in [0, 0.1) is 0 Å². The van der Waals surface area contributed by atoms with Gasteiger partial charge in [0.05, 0.1) is 0 Å². The zero-order valence-corrected chi connectivity index (χ0v) is 24.3. The Morgan fingerprint density at radius 1 is 0.902 bits per heavy atom. The number of carbonyl (C=O) groups is 3. The molecule has 8 N–H and O–H groups in total. The average molecular weight is 573 g/mol. The maximum atomic E-state index is 13.4. The minimum atomic E-state index is -3.35. The molecule has 0 aromatic heterocycles. The van der Waals surface area contributed by atoms with E-state index in [0.29, 0.717) is 32.1 Å². The molecule has 0 fully saturated rings. The van der Waals surface area contributed by atoms with Gasteiger partial charge in [-0.15, -0.1) is 0 Å². The molecule has 2 aromatic rings. The molecule has 3 amide bonds. The van der Waals surface area contributed by atoms with Crippen molar-refractivity contribution in [3.63, 3.8) is 0 Å². The fraction of sp³-hybridized carbons (Fsp3) is 0.500. The molecular formula is C30H44N4O7. The molecule has 0 saturated heterocycles. The van der Waals surface area contributed by atoms with E-state index < -0.39 is 47.3 Å². The lowest BCUT2D eigenvalue weighted by Crippen LogP contribution is -2.77. The van der Waals surface area contributed by atoms with Crippen molar-refractivity contribution in [1.82, 2.24) is 4.90 Å². The molecule has 0 aliphatic carbocycles. The molecule has 0 saturated carbocycles. The van der Waals surface area contributed by atoms with Crippen molar-refractivity contribution in [2.24, 2.45) is 17.2 Å². The molecule has 2 unspecified atom stereocenters. The lowest BCUT2D eigenvalue weighted by molar-refractivity contribution is -0.248. The summed E-state index contributed by atoms with van der Waals surface area (Å²) in [5, 5.41) is 22.7. The number of urea groups is 1. The van der Waals surface area contributed by atoms with E-state index in [9.17, 15) is 24.6 Å². The zero-order chi connectivity index (χ0) is 30.8. The molecule has 2 rings (SSSR count). The zero-order valence-electron chi connectivity index (χ0n) is 24.3. The van der Waals surface area contributed by atoms with Gasteiger partial charge in [0.25, 0.3) is 0 Å². The minimum absolute atomic E-state index is 0.111. The summed E-state index contributed by atoms with van der Waals surface area (Å²) in [7, 11) is 0. The smallest absolute Gasteiger partial charge is 0.419 e. The predicted molar refractivity (Wildman–Crippen MR) is 154 cm³/mol. The van der Waals surface area contributed by atoms with E-state index in [4.69, 9.17) is 26.7 Å². The summed E-state index contributed by atoms with van der Waals surface area (Å²) >= 11 is 0. The first-order chi connectivity index (χ1) is 19.1. The van der Waals surface area contributed by atoms with Crippen LogP contribution in [0.2, 0.25) is 0 Å². The Bertz CT molecular complexity index is 1130. The van der Waals surface area contributed by atoms with Crippen molar-refractivity contribution in [3.8, 4) is 0 Å². The molecule has 226 valence electrons. The normalized spacial score (nSPS) is 13.7. The molecule has 11 heteroatoms. The highest BCUT2D eigenvalue weighted by Gasteiger charge is 2.59. The van der Waals surface area contributed by atoms with Crippen molar-refractivity contribution in [2.45, 2.75) is 95.4 Å². The first kappa shape index (κ1) is 33.7. The number of esters is 1. The number of aryl methyl sites for hydroxylation is 1. The molecule has 0 spiro atoms. The fourth-order valence-electron chi connectivity index (χ4n) is 4.31. The SMILES string of the molecule is CCC(Cc1ccccc1)OC(=O)N(C(N)=O)C(C(=O)OC(C)(C)C)C(O)(O)C(N)(N)CCCCc1ccccc1. The number of aliphatic hydroxyl groups is 2. The van der Waals surface area contributed by atoms with E-state index in [0.717, 1.165) is 11.1 Å². The first-order valence-corrected chi connectivity index (χ1v) is 13.7. The van der Waals surface area contributed by atoms with Crippen LogP contribution in [0.4, 0.5) is 9.59 Å². The summed E-state index contributed by atoms with van der Waals surface area (Å²) in [6, 6.07) is 14.9. The van der Waals surface area contributed by atoms with Crippen LogP contribution in [-0.4, -0.2) is 62.4 Å². The molecule has 41 heavy (non-hydrogen) atoms. The van der Waals surface area contributed by atoms with Crippen LogP contribution in [0.15, 0.2) is 60.7 Å². The third kappa shape index (κ3) is 9.82. The highest BCUT2D eigenvalue weighted by molar-refractivity contribution is 5.96. The third-order valence-electron chi connectivity index (χ3n) is 6.57. The monoisotopic (exact) mass is 572 g/mol. The molecular weight excluding hydrogens is 528 g/mol. The summed E-state index contributed by atoms with van der Waals surface area (Å²) in [6.07, 6.45) is -0.0222. The van der Waals surface area contributed by atoms with E-state index in [1.54, 1.807) is 6.92 Å². The van der Waals surface area contributed by atoms with Gasteiger partial charge >= 0.3 is 18.1 Å². The number of rotatable bonds is 13. The van der Waals surface area contributed by atoms with E-state index >= 15 is 0 Å². The molecule has 0 radical (unpaired) electrons. The number of benzene rings is 2. The summed E-state index contributed by atoms with van der Waals surface area (Å²) in [6.45, 7) is 6.35. The van der Waals surface area contributed by atoms with Gasteiger partial charge in [-0.3, -0.25) is 0 Å². The van der Waals surface area contributed by atoms with Gasteiger partial charge in [-0.25, -0.2) is 19.3 Å². The lowest BCUT2D eigenvalue weighted by atomic mass is 9.87. The number of unbranched alkanes of at least 4 members (excludes halogenated alkanes) is 1. The third-order valence-corrected chi connectivity index (χ3v) is 6.57. The van der Waals surface area contributed by atoms with Crippen LogP contribution in [-0.2, 0) is 27.1 Å². The summed E-state index contributed by atoms with van der Waals surface area (Å²) in [4.78, 5) is 39.4. The van der Waals surface area contributed by atoms with Gasteiger partial charge in [0.2, 0.25) is 5.79 Å². The average Bonchev–Trinajstić information content (AvgIpc) is 2.88. The van der Waals surface area contributed by atoms with Gasteiger partial charge in [0.15, 0.2) is 6.04 Å². The Labute approximate surface area is 241 Å². The highest BCUT2D eigenvalue weighted by atomic mass is 16.6. The fourth-order valence-corrected chi connectivity index (χ4v) is 4.31. The molecule has 11 nitrogen and oxygen atoms in total. The molecule has 0 heterocycles. The van der Waals surface area contributed by atoms with E-state index in [2.05, 4.69) is 0 Å². The molecule has 2 aromatic carbocycles. The Hall–Kier alpha value is -3.51. The van der Waals surface area contributed by atoms with Crippen LogP contribution in [0.25, 0.3) is 0 Å². The predicted octanol–water partition coefficient (Wildman–Crippen LogP) is 2.94. The van der Waals surface area contributed by atoms with Crippen molar-refractivity contribution < 1.29 is 34.1 Å². The van der Waals surface area contributed by atoms with Gasteiger partial charge in [-0.05, 0) is 64.0 Å². The van der Waals surface area contributed by atoms with Crippen LogP contribution >= 0.6 is 0 Å². The number of hydrogen-bond donors (Lipinski definition) is 5. The van der Waals surface area contributed by atoms with Gasteiger partial charge in [0.1, 0.15) is 17.4 Å². The summed E-state index contributed by atoms with van der Waals surface area (Å²) < 4.78 is 10.9. The van der Waals surface area contributed by atoms with Gasteiger partial charge in [0, 0.05) is 6.42 Å². The second-order valence-electron chi connectivity index (χ2n) is 11.2. The second-order valence-corrected chi connectivity index (χ2v) is 11.2. The Kier molecular flexibility index (Phi) is 11.8. The lowest BCUT2D eigenvalue weighted by Gasteiger charge is -2.44. The largest absolute Gasteiger partial charge is 0.458 e. The standard InChI is InChI=1S/C30H44N4O7/c1-5-23(20-22-17-10-7-11-18-22)40-27(37)34(26(31)36)24(25(35)41-28(2,3)4)30(38,39)29(32,33)19-13-12-16-21-14-8-6-9-15-21/h6-11,14-15,17-18,23-24,38-39H,5,12-13,16,19-20,32-33H2,1-4H3,(H2,31,36). The number of nitrogens with zero attached hydrogens (tertiary/aromatic N) is 1. The number of ether oxygens (including phenoxy) is 2. The van der Waals surface area contributed by atoms with E-state index in [1.807, 2.05) is 60.7 Å². The van der Waals surface area contributed by atoms with Crippen molar-refractivity contribution in [1.29, 1.82) is 0 Å². The van der Waals surface area contributed by atoms with Crippen LogP contribution in [0.1, 0.15) is 64.5 Å². The number of carbonyl (C=O) groups excluding carboxylic acids is 3. The van der Waals surface area contributed by atoms with Crippen molar-refractivity contribution >= 4 is 18.1 Å². The van der Waals surface area contributed by atoms with Crippen molar-refractivity contribution in [2.75, 3.05) is 0 Å². The molecule has 0 aliphatic heterocycles. The topological polar surface area (TPSA) is 191 Å². The molecule has 0 bridgehead atoms. The van der Waals surface area contributed by atoms with Gasteiger partial charge < -0.3 is 36.9 Å². The number of amides is 3. The summed E-state index contributed by atoms with van der Waals surface area (Å²) in [5.74, 6) is -4.70. The van der Waals surface area contributed by atoms with Gasteiger partial charge in [-0.2, -0.15) is 0 Å². The first-order valence-electron chi connectivity index (χ1n) is 13.7. The Balaban J connectivity index is 2.33. The highest BCUT2D eigenvalue weighted by Crippen LogP contribution is 2.29. The Morgan fingerprint density at radius 3 is 1.93 bits per heavy atom. The van der Waals surface area contributed by atoms with Crippen LogP contribution in [0.3, 0.4) is 0 Å².